The van der Waals surface area contributed by atoms with Crippen LogP contribution in [0.25, 0.3) is 0 Å². The summed E-state index contributed by atoms with van der Waals surface area (Å²) in [6.45, 7) is 2.90. The van der Waals surface area contributed by atoms with E-state index >= 15 is 0 Å². The van der Waals surface area contributed by atoms with Crippen molar-refractivity contribution in [2.24, 2.45) is 5.92 Å². The average Bonchev–Trinajstić information content (AvgIpc) is 2.86. The first-order valence-corrected chi connectivity index (χ1v) is 6.19. The fourth-order valence-corrected chi connectivity index (χ4v) is 3.12. The predicted molar refractivity (Wildman–Crippen MR) is 62.6 cm³/mol. The van der Waals surface area contributed by atoms with E-state index in [-0.39, 0.29) is 0 Å². The second-order valence-corrected chi connectivity index (χ2v) is 5.11. The van der Waals surface area contributed by atoms with Crippen LogP contribution in [-0.2, 0) is 12.0 Å². The summed E-state index contributed by atoms with van der Waals surface area (Å²) in [5.74, 6) is 1.29. The maximum absolute atomic E-state index is 10.8. The third-order valence-electron chi connectivity index (χ3n) is 4.19. The van der Waals surface area contributed by atoms with Crippen molar-refractivity contribution in [2.45, 2.75) is 38.2 Å². The molecule has 3 rings (SSSR count). The second-order valence-electron chi connectivity index (χ2n) is 5.11. The zero-order valence-corrected chi connectivity index (χ0v) is 9.70. The minimum Gasteiger partial charge on any atom is -0.493 e. The molecule has 0 bridgehead atoms. The molecule has 0 amide bonds. The summed E-state index contributed by atoms with van der Waals surface area (Å²) in [5, 5.41) is 10.8. The maximum Gasteiger partial charge on any atom is 0.128 e. The van der Waals surface area contributed by atoms with Crippen LogP contribution in [0.2, 0.25) is 0 Å². The van der Waals surface area contributed by atoms with Gasteiger partial charge in [-0.1, -0.05) is 25.1 Å². The molecule has 2 nitrogen and oxygen atoms in total. The van der Waals surface area contributed by atoms with Gasteiger partial charge in [-0.2, -0.15) is 0 Å². The van der Waals surface area contributed by atoms with Gasteiger partial charge in [0, 0.05) is 12.0 Å². The molecule has 0 aromatic heterocycles. The zero-order chi connectivity index (χ0) is 11.2. The number of benzene rings is 1. The fourth-order valence-electron chi connectivity index (χ4n) is 3.12. The maximum atomic E-state index is 10.8. The van der Waals surface area contributed by atoms with Gasteiger partial charge in [-0.25, -0.2) is 0 Å². The summed E-state index contributed by atoms with van der Waals surface area (Å²) < 4.78 is 5.70. The Labute approximate surface area is 96.2 Å². The van der Waals surface area contributed by atoms with Crippen LogP contribution < -0.4 is 4.74 Å². The molecule has 1 aromatic carbocycles. The molecule has 16 heavy (non-hydrogen) atoms. The molecule has 1 aliphatic carbocycles. The van der Waals surface area contributed by atoms with E-state index in [1.54, 1.807) is 0 Å². The largest absolute Gasteiger partial charge is 0.493 e. The summed E-state index contributed by atoms with van der Waals surface area (Å²) in [6.07, 6.45) is 4.07. The van der Waals surface area contributed by atoms with Crippen LogP contribution >= 0.6 is 0 Å². The van der Waals surface area contributed by atoms with Gasteiger partial charge in [-0.15, -0.1) is 0 Å². The van der Waals surface area contributed by atoms with Crippen LogP contribution in [-0.4, -0.2) is 11.7 Å². The van der Waals surface area contributed by atoms with Gasteiger partial charge in [0.1, 0.15) is 5.75 Å². The first-order valence-electron chi connectivity index (χ1n) is 6.19. The molecule has 1 fully saturated rings. The van der Waals surface area contributed by atoms with Crippen molar-refractivity contribution in [3.63, 3.8) is 0 Å². The lowest BCUT2D eigenvalue weighted by Crippen LogP contribution is -2.28. The topological polar surface area (TPSA) is 29.5 Å². The van der Waals surface area contributed by atoms with Crippen molar-refractivity contribution < 1.29 is 9.84 Å². The van der Waals surface area contributed by atoms with Crippen molar-refractivity contribution in [1.82, 2.24) is 0 Å². The SMILES string of the molecule is CC1CCCC1(O)c1cccc2c1OCC2. The number of para-hydroxylation sites is 1. The van der Waals surface area contributed by atoms with Crippen molar-refractivity contribution in [3.05, 3.63) is 29.3 Å². The van der Waals surface area contributed by atoms with Gasteiger partial charge in [0.2, 0.25) is 0 Å². The van der Waals surface area contributed by atoms with Gasteiger partial charge in [0.25, 0.3) is 0 Å². The van der Waals surface area contributed by atoms with Crippen molar-refractivity contribution >= 4 is 0 Å². The third kappa shape index (κ3) is 1.29. The van der Waals surface area contributed by atoms with Gasteiger partial charge in [-0.05, 0) is 30.7 Å². The van der Waals surface area contributed by atoms with Crippen molar-refractivity contribution in [2.75, 3.05) is 6.61 Å². The number of fused-ring (bicyclic) bond motifs is 1. The van der Waals surface area contributed by atoms with Gasteiger partial charge in [0.05, 0.1) is 12.2 Å². The standard InChI is InChI=1S/C14H18O2/c1-10-4-3-8-14(10,15)12-6-2-5-11-7-9-16-13(11)12/h2,5-6,10,15H,3-4,7-9H2,1H3. The Balaban J connectivity index is 2.10. The Morgan fingerprint density at radius 2 is 2.31 bits per heavy atom. The lowest BCUT2D eigenvalue weighted by Gasteiger charge is -2.29. The highest BCUT2D eigenvalue weighted by Gasteiger charge is 2.42. The van der Waals surface area contributed by atoms with Crippen LogP contribution in [0, 0.1) is 5.92 Å². The summed E-state index contributed by atoms with van der Waals surface area (Å²) in [7, 11) is 0. The number of hydrogen-bond acceptors (Lipinski definition) is 2. The molecule has 2 heteroatoms. The monoisotopic (exact) mass is 218 g/mol. The molecule has 1 aromatic rings. The summed E-state index contributed by atoms with van der Waals surface area (Å²) in [4.78, 5) is 0. The summed E-state index contributed by atoms with van der Waals surface area (Å²) >= 11 is 0. The average molecular weight is 218 g/mol. The smallest absolute Gasteiger partial charge is 0.128 e. The normalized spacial score (nSPS) is 32.5. The van der Waals surface area contributed by atoms with Gasteiger partial charge < -0.3 is 9.84 Å². The molecule has 0 radical (unpaired) electrons. The van der Waals surface area contributed by atoms with Crippen LogP contribution in [0.15, 0.2) is 18.2 Å². The summed E-state index contributed by atoms with van der Waals surface area (Å²) in [6, 6.07) is 6.19. The number of ether oxygens (including phenoxy) is 1. The Bertz CT molecular complexity index is 413. The highest BCUT2D eigenvalue weighted by Crippen LogP contribution is 2.48. The lowest BCUT2D eigenvalue weighted by atomic mass is 9.83. The van der Waals surface area contributed by atoms with Gasteiger partial charge >= 0.3 is 0 Å². The molecule has 2 aliphatic rings. The Morgan fingerprint density at radius 1 is 1.44 bits per heavy atom. The number of aliphatic hydroxyl groups is 1. The van der Waals surface area contributed by atoms with Crippen LogP contribution in [0.3, 0.4) is 0 Å². The van der Waals surface area contributed by atoms with E-state index in [0.29, 0.717) is 5.92 Å². The van der Waals surface area contributed by atoms with E-state index in [1.165, 1.54) is 5.56 Å². The van der Waals surface area contributed by atoms with Crippen LogP contribution in [0.5, 0.6) is 5.75 Å². The fraction of sp³-hybridized carbons (Fsp3) is 0.571. The third-order valence-corrected chi connectivity index (χ3v) is 4.19. The minimum atomic E-state index is -0.657. The number of rotatable bonds is 1. The van der Waals surface area contributed by atoms with Crippen LogP contribution in [0.1, 0.15) is 37.3 Å². The van der Waals surface area contributed by atoms with E-state index < -0.39 is 5.60 Å². The molecule has 1 saturated carbocycles. The van der Waals surface area contributed by atoms with Gasteiger partial charge in [-0.3, -0.25) is 0 Å². The second kappa shape index (κ2) is 3.49. The van der Waals surface area contributed by atoms with Crippen molar-refractivity contribution in [1.29, 1.82) is 0 Å². The Kier molecular flexibility index (Phi) is 2.21. The lowest BCUT2D eigenvalue weighted by molar-refractivity contribution is 0.00239. The highest BCUT2D eigenvalue weighted by atomic mass is 16.5. The molecule has 0 saturated heterocycles. The van der Waals surface area contributed by atoms with E-state index in [4.69, 9.17) is 4.74 Å². The van der Waals surface area contributed by atoms with E-state index in [9.17, 15) is 5.11 Å². The molecular weight excluding hydrogens is 200 g/mol. The first kappa shape index (κ1) is 10.2. The quantitative estimate of drug-likeness (QED) is 0.785. The molecule has 1 heterocycles. The van der Waals surface area contributed by atoms with Crippen LogP contribution in [0.4, 0.5) is 0 Å². The summed E-state index contributed by atoms with van der Waals surface area (Å²) in [5.41, 5.74) is 1.62. The molecule has 1 aliphatic heterocycles. The molecule has 1 N–H and O–H groups in total. The number of hydrogen-bond donors (Lipinski definition) is 1. The Hall–Kier alpha value is -1.02. The minimum absolute atomic E-state index is 0.336. The first-order chi connectivity index (χ1) is 7.72. The van der Waals surface area contributed by atoms with Gasteiger partial charge in [0.15, 0.2) is 0 Å². The molecule has 0 spiro atoms. The van der Waals surface area contributed by atoms with E-state index in [1.807, 2.05) is 12.1 Å². The van der Waals surface area contributed by atoms with E-state index in [0.717, 1.165) is 43.6 Å². The predicted octanol–water partition coefficient (Wildman–Crippen LogP) is 2.63. The van der Waals surface area contributed by atoms with Crippen molar-refractivity contribution in [3.8, 4) is 5.75 Å². The molecule has 86 valence electrons. The Morgan fingerprint density at radius 3 is 3.06 bits per heavy atom. The van der Waals surface area contributed by atoms with E-state index in [2.05, 4.69) is 13.0 Å². The zero-order valence-electron chi connectivity index (χ0n) is 9.70. The highest BCUT2D eigenvalue weighted by molar-refractivity contribution is 5.47. The molecule has 2 unspecified atom stereocenters. The molecule has 2 atom stereocenters. The molecular formula is C14H18O2.